The maximum absolute atomic E-state index is 4.67. The molecule has 4 heterocycles. The number of nitrogens with zero attached hydrogens (tertiary/aromatic N) is 4. The van der Waals surface area contributed by atoms with Gasteiger partial charge in [-0.1, -0.05) is 6.07 Å². The van der Waals surface area contributed by atoms with Crippen molar-refractivity contribution in [3.63, 3.8) is 0 Å². The highest BCUT2D eigenvalue weighted by molar-refractivity contribution is 5.62. The van der Waals surface area contributed by atoms with Crippen molar-refractivity contribution in [1.82, 2.24) is 24.9 Å². The minimum Gasteiger partial charge on any atom is -0.366 e. The molecule has 6 nitrogen and oxygen atoms in total. The minimum atomic E-state index is 0.438. The Morgan fingerprint density at radius 1 is 1.27 bits per heavy atom. The molecule has 1 unspecified atom stereocenters. The summed E-state index contributed by atoms with van der Waals surface area (Å²) in [4.78, 5) is 8.94. The van der Waals surface area contributed by atoms with Crippen molar-refractivity contribution < 1.29 is 0 Å². The predicted octanol–water partition coefficient (Wildman–Crippen LogP) is 1.87. The molecule has 1 saturated heterocycles. The van der Waals surface area contributed by atoms with Gasteiger partial charge in [-0.15, -0.1) is 0 Å². The molecule has 1 aliphatic heterocycles. The second-order valence-electron chi connectivity index (χ2n) is 5.63. The maximum Gasteiger partial charge on any atom is 0.158 e. The summed E-state index contributed by atoms with van der Waals surface area (Å²) in [6, 6.07) is 10.3. The van der Waals surface area contributed by atoms with Gasteiger partial charge in [0, 0.05) is 36.6 Å². The van der Waals surface area contributed by atoms with E-state index in [-0.39, 0.29) is 0 Å². The molecule has 1 atom stereocenters. The number of nitrogens with one attached hydrogen (secondary N) is 2. The lowest BCUT2D eigenvalue weighted by Gasteiger charge is -2.14. The zero-order valence-electron chi connectivity index (χ0n) is 12.5. The third kappa shape index (κ3) is 2.42. The predicted molar refractivity (Wildman–Crippen MR) is 85.9 cm³/mol. The van der Waals surface area contributed by atoms with Gasteiger partial charge in [-0.25, -0.2) is 4.98 Å². The van der Waals surface area contributed by atoms with E-state index in [1.165, 1.54) is 0 Å². The highest BCUT2D eigenvalue weighted by Crippen LogP contribution is 2.21. The summed E-state index contributed by atoms with van der Waals surface area (Å²) in [7, 11) is 0. The molecule has 0 aliphatic carbocycles. The van der Waals surface area contributed by atoms with Crippen molar-refractivity contribution in [2.24, 2.45) is 0 Å². The van der Waals surface area contributed by atoms with Crippen LogP contribution in [0.2, 0.25) is 0 Å². The molecule has 0 amide bonds. The van der Waals surface area contributed by atoms with Gasteiger partial charge < -0.3 is 10.6 Å². The van der Waals surface area contributed by atoms with Crippen LogP contribution in [0.3, 0.4) is 0 Å². The standard InChI is InChI=1S/C16H18N6/c1-11-8-15(20-12-5-7-17-10-12)22-16(19-11)9-14(21-22)13-4-2-3-6-18-13/h2-4,6,8-9,12,17,20H,5,7,10H2,1H3. The summed E-state index contributed by atoms with van der Waals surface area (Å²) >= 11 is 0. The Hall–Kier alpha value is -2.47. The fourth-order valence-electron chi connectivity index (χ4n) is 2.83. The topological polar surface area (TPSA) is 67.1 Å². The summed E-state index contributed by atoms with van der Waals surface area (Å²) < 4.78 is 1.87. The van der Waals surface area contributed by atoms with Crippen LogP contribution in [0, 0.1) is 6.92 Å². The average molecular weight is 294 g/mol. The molecule has 0 saturated carbocycles. The molecule has 2 N–H and O–H groups in total. The Bertz CT molecular complexity index is 789. The van der Waals surface area contributed by atoms with Crippen LogP contribution in [-0.2, 0) is 0 Å². The van der Waals surface area contributed by atoms with Crippen LogP contribution < -0.4 is 10.6 Å². The number of anilines is 1. The van der Waals surface area contributed by atoms with Crippen LogP contribution in [-0.4, -0.2) is 38.7 Å². The van der Waals surface area contributed by atoms with Gasteiger partial charge in [0.2, 0.25) is 0 Å². The van der Waals surface area contributed by atoms with Crippen LogP contribution in [0.5, 0.6) is 0 Å². The van der Waals surface area contributed by atoms with Gasteiger partial charge >= 0.3 is 0 Å². The molecular weight excluding hydrogens is 276 g/mol. The Morgan fingerprint density at radius 3 is 3.00 bits per heavy atom. The molecule has 0 spiro atoms. The highest BCUT2D eigenvalue weighted by atomic mass is 15.3. The smallest absolute Gasteiger partial charge is 0.158 e. The Morgan fingerprint density at radius 2 is 2.23 bits per heavy atom. The number of fused-ring (bicyclic) bond motifs is 1. The lowest BCUT2D eigenvalue weighted by Crippen LogP contribution is -2.23. The second-order valence-corrected chi connectivity index (χ2v) is 5.63. The van der Waals surface area contributed by atoms with Crippen LogP contribution in [0.25, 0.3) is 17.0 Å². The van der Waals surface area contributed by atoms with E-state index in [9.17, 15) is 0 Å². The molecule has 112 valence electrons. The SMILES string of the molecule is Cc1cc(NC2CCNC2)n2nc(-c3ccccn3)cc2n1. The van der Waals surface area contributed by atoms with Crippen molar-refractivity contribution in [2.75, 3.05) is 18.4 Å². The molecule has 4 rings (SSSR count). The zero-order chi connectivity index (χ0) is 14.9. The molecule has 6 heteroatoms. The number of hydrogen-bond donors (Lipinski definition) is 2. The summed E-state index contributed by atoms with van der Waals surface area (Å²) in [5.74, 6) is 0.985. The van der Waals surface area contributed by atoms with Gasteiger partial charge in [-0.05, 0) is 32.0 Å². The van der Waals surface area contributed by atoms with Gasteiger partial charge in [-0.3, -0.25) is 4.98 Å². The molecule has 3 aromatic heterocycles. The van der Waals surface area contributed by atoms with E-state index in [0.717, 1.165) is 48.1 Å². The zero-order valence-corrected chi connectivity index (χ0v) is 12.5. The first-order valence-electron chi connectivity index (χ1n) is 7.56. The van der Waals surface area contributed by atoms with Gasteiger partial charge in [0.1, 0.15) is 11.5 Å². The monoisotopic (exact) mass is 294 g/mol. The number of rotatable bonds is 3. The van der Waals surface area contributed by atoms with E-state index in [1.807, 2.05) is 41.8 Å². The normalized spacial score (nSPS) is 18.0. The van der Waals surface area contributed by atoms with E-state index in [2.05, 4.69) is 25.7 Å². The first kappa shape index (κ1) is 13.2. The van der Waals surface area contributed by atoms with Crippen molar-refractivity contribution in [3.8, 4) is 11.4 Å². The van der Waals surface area contributed by atoms with Gasteiger partial charge in [-0.2, -0.15) is 9.61 Å². The quantitative estimate of drug-likeness (QED) is 0.772. The lowest BCUT2D eigenvalue weighted by molar-refractivity contribution is 0.774. The average Bonchev–Trinajstić information content (AvgIpc) is 3.17. The van der Waals surface area contributed by atoms with Gasteiger partial charge in [0.15, 0.2) is 5.65 Å². The number of aromatic nitrogens is 4. The minimum absolute atomic E-state index is 0.438. The Balaban J connectivity index is 1.77. The first-order valence-corrected chi connectivity index (χ1v) is 7.56. The Kier molecular flexibility index (Phi) is 3.23. The maximum atomic E-state index is 4.67. The molecule has 0 bridgehead atoms. The third-order valence-corrected chi connectivity index (χ3v) is 3.89. The summed E-state index contributed by atoms with van der Waals surface area (Å²) in [5.41, 5.74) is 3.52. The van der Waals surface area contributed by atoms with Gasteiger partial charge in [0.05, 0.1) is 5.69 Å². The van der Waals surface area contributed by atoms with E-state index < -0.39 is 0 Å². The summed E-state index contributed by atoms with van der Waals surface area (Å²) in [6.45, 7) is 4.05. The second kappa shape index (κ2) is 5.38. The molecule has 22 heavy (non-hydrogen) atoms. The van der Waals surface area contributed by atoms with Crippen LogP contribution >= 0.6 is 0 Å². The summed E-state index contributed by atoms with van der Waals surface area (Å²) in [5, 5.41) is 11.6. The van der Waals surface area contributed by atoms with E-state index in [1.54, 1.807) is 6.20 Å². The van der Waals surface area contributed by atoms with Crippen LogP contribution in [0.1, 0.15) is 12.1 Å². The molecule has 0 aromatic carbocycles. The largest absolute Gasteiger partial charge is 0.366 e. The van der Waals surface area contributed by atoms with Crippen molar-refractivity contribution in [2.45, 2.75) is 19.4 Å². The van der Waals surface area contributed by atoms with Crippen molar-refractivity contribution in [1.29, 1.82) is 0 Å². The summed E-state index contributed by atoms with van der Waals surface area (Å²) in [6.07, 6.45) is 2.90. The fraction of sp³-hybridized carbons (Fsp3) is 0.312. The van der Waals surface area contributed by atoms with Crippen LogP contribution in [0.15, 0.2) is 36.5 Å². The third-order valence-electron chi connectivity index (χ3n) is 3.89. The highest BCUT2D eigenvalue weighted by Gasteiger charge is 2.17. The molecule has 3 aromatic rings. The Labute approximate surface area is 128 Å². The number of hydrogen-bond acceptors (Lipinski definition) is 5. The van der Waals surface area contributed by atoms with E-state index in [4.69, 9.17) is 0 Å². The first-order chi connectivity index (χ1) is 10.8. The molecular formula is C16H18N6. The molecule has 1 fully saturated rings. The molecule has 1 aliphatic rings. The van der Waals surface area contributed by atoms with E-state index >= 15 is 0 Å². The van der Waals surface area contributed by atoms with Gasteiger partial charge in [0.25, 0.3) is 0 Å². The van der Waals surface area contributed by atoms with Crippen LogP contribution in [0.4, 0.5) is 5.82 Å². The number of aryl methyl sites for hydroxylation is 1. The number of pyridine rings is 1. The molecule has 0 radical (unpaired) electrons. The van der Waals surface area contributed by atoms with Crippen molar-refractivity contribution in [3.05, 3.63) is 42.2 Å². The lowest BCUT2D eigenvalue weighted by atomic mass is 10.2. The fourth-order valence-corrected chi connectivity index (χ4v) is 2.83. The van der Waals surface area contributed by atoms with E-state index in [0.29, 0.717) is 6.04 Å². The van der Waals surface area contributed by atoms with Crippen molar-refractivity contribution >= 4 is 11.5 Å².